The summed E-state index contributed by atoms with van der Waals surface area (Å²) in [5, 5.41) is 3.52. The SMILES string of the molecule is CN(C)C(=O)CCSc1cccc(CNC2CC2)c1. The standard InChI is InChI=1S/C15H22N2OS/c1-17(2)15(18)8-9-19-14-5-3-4-12(10-14)11-16-13-6-7-13/h3-5,10,13,16H,6-9,11H2,1-2H3. The molecule has 0 bridgehead atoms. The number of rotatable bonds is 7. The highest BCUT2D eigenvalue weighted by Gasteiger charge is 2.19. The highest BCUT2D eigenvalue weighted by atomic mass is 32.2. The molecule has 19 heavy (non-hydrogen) atoms. The number of carbonyl (C=O) groups is 1. The van der Waals surface area contributed by atoms with E-state index in [1.54, 1.807) is 30.8 Å². The smallest absolute Gasteiger partial charge is 0.222 e. The highest BCUT2D eigenvalue weighted by Crippen LogP contribution is 2.22. The predicted octanol–water partition coefficient (Wildman–Crippen LogP) is 2.51. The lowest BCUT2D eigenvalue weighted by molar-refractivity contribution is -0.128. The quantitative estimate of drug-likeness (QED) is 0.778. The number of amides is 1. The molecule has 1 aliphatic rings. The van der Waals surface area contributed by atoms with E-state index >= 15 is 0 Å². The van der Waals surface area contributed by atoms with Gasteiger partial charge in [0.2, 0.25) is 5.91 Å². The Morgan fingerprint density at radius 1 is 1.42 bits per heavy atom. The van der Waals surface area contributed by atoms with Gasteiger partial charge < -0.3 is 10.2 Å². The van der Waals surface area contributed by atoms with E-state index in [1.165, 1.54) is 23.3 Å². The molecule has 0 atom stereocenters. The van der Waals surface area contributed by atoms with E-state index in [0.717, 1.165) is 18.3 Å². The molecular formula is C15H22N2OS. The first-order valence-corrected chi connectivity index (χ1v) is 7.79. The summed E-state index contributed by atoms with van der Waals surface area (Å²) in [6, 6.07) is 9.34. The van der Waals surface area contributed by atoms with Crippen molar-refractivity contribution in [2.45, 2.75) is 36.7 Å². The van der Waals surface area contributed by atoms with Gasteiger partial charge in [-0.05, 0) is 30.5 Å². The molecule has 0 aliphatic heterocycles. The molecule has 3 nitrogen and oxygen atoms in total. The van der Waals surface area contributed by atoms with Crippen molar-refractivity contribution in [3.05, 3.63) is 29.8 Å². The summed E-state index contributed by atoms with van der Waals surface area (Å²) in [6.45, 7) is 0.954. The Kier molecular flexibility index (Phi) is 5.28. The van der Waals surface area contributed by atoms with Gasteiger partial charge in [-0.1, -0.05) is 12.1 Å². The van der Waals surface area contributed by atoms with Crippen LogP contribution in [0.5, 0.6) is 0 Å². The van der Waals surface area contributed by atoms with Gasteiger partial charge in [-0.15, -0.1) is 11.8 Å². The maximum absolute atomic E-state index is 11.5. The number of nitrogens with zero attached hydrogens (tertiary/aromatic N) is 1. The third-order valence-electron chi connectivity index (χ3n) is 3.15. The fraction of sp³-hybridized carbons (Fsp3) is 0.533. The van der Waals surface area contributed by atoms with Gasteiger partial charge in [0.15, 0.2) is 0 Å². The van der Waals surface area contributed by atoms with Crippen molar-refractivity contribution < 1.29 is 4.79 Å². The molecule has 1 amide bonds. The second kappa shape index (κ2) is 6.96. The minimum Gasteiger partial charge on any atom is -0.349 e. The summed E-state index contributed by atoms with van der Waals surface area (Å²) in [4.78, 5) is 14.4. The van der Waals surface area contributed by atoms with Crippen LogP contribution in [0.25, 0.3) is 0 Å². The maximum Gasteiger partial charge on any atom is 0.222 e. The number of benzene rings is 1. The fourth-order valence-electron chi connectivity index (χ4n) is 1.77. The summed E-state index contributed by atoms with van der Waals surface area (Å²) < 4.78 is 0. The Morgan fingerprint density at radius 2 is 2.21 bits per heavy atom. The highest BCUT2D eigenvalue weighted by molar-refractivity contribution is 7.99. The average Bonchev–Trinajstić information content (AvgIpc) is 3.20. The van der Waals surface area contributed by atoms with E-state index in [-0.39, 0.29) is 5.91 Å². The molecule has 0 saturated heterocycles. The molecule has 0 aromatic heterocycles. The molecule has 4 heteroatoms. The zero-order chi connectivity index (χ0) is 13.7. The molecule has 1 aliphatic carbocycles. The van der Waals surface area contributed by atoms with E-state index in [9.17, 15) is 4.79 Å². The maximum atomic E-state index is 11.5. The zero-order valence-corrected chi connectivity index (χ0v) is 12.5. The fourth-order valence-corrected chi connectivity index (χ4v) is 2.70. The van der Waals surface area contributed by atoms with Gasteiger partial charge in [0, 0.05) is 43.8 Å². The lowest BCUT2D eigenvalue weighted by atomic mass is 10.2. The molecular weight excluding hydrogens is 256 g/mol. The molecule has 0 spiro atoms. The van der Waals surface area contributed by atoms with Crippen LogP contribution >= 0.6 is 11.8 Å². The van der Waals surface area contributed by atoms with Gasteiger partial charge >= 0.3 is 0 Å². The topological polar surface area (TPSA) is 32.3 Å². The van der Waals surface area contributed by atoms with E-state index in [2.05, 4.69) is 29.6 Å². The Morgan fingerprint density at radius 3 is 2.89 bits per heavy atom. The van der Waals surface area contributed by atoms with E-state index in [0.29, 0.717) is 6.42 Å². The van der Waals surface area contributed by atoms with Gasteiger partial charge in [-0.3, -0.25) is 4.79 Å². The molecule has 1 N–H and O–H groups in total. The van der Waals surface area contributed by atoms with E-state index < -0.39 is 0 Å². The zero-order valence-electron chi connectivity index (χ0n) is 11.7. The van der Waals surface area contributed by atoms with Crippen molar-refractivity contribution in [1.82, 2.24) is 10.2 Å². The summed E-state index contributed by atoms with van der Waals surface area (Å²) in [5.74, 6) is 1.04. The second-order valence-corrected chi connectivity index (χ2v) is 6.36. The monoisotopic (exact) mass is 278 g/mol. The minimum atomic E-state index is 0.194. The Bertz CT molecular complexity index is 430. The molecule has 2 rings (SSSR count). The Labute approximate surface area is 119 Å². The molecule has 1 saturated carbocycles. The van der Waals surface area contributed by atoms with Crippen molar-refractivity contribution in [3.8, 4) is 0 Å². The van der Waals surface area contributed by atoms with Crippen LogP contribution in [0.1, 0.15) is 24.8 Å². The van der Waals surface area contributed by atoms with Crippen LogP contribution in [-0.4, -0.2) is 36.7 Å². The van der Waals surface area contributed by atoms with Gasteiger partial charge in [-0.2, -0.15) is 0 Å². The normalized spacial score (nSPS) is 14.4. The van der Waals surface area contributed by atoms with Crippen LogP contribution in [0.4, 0.5) is 0 Å². The number of hydrogen-bond donors (Lipinski definition) is 1. The lowest BCUT2D eigenvalue weighted by Crippen LogP contribution is -2.21. The number of hydrogen-bond acceptors (Lipinski definition) is 3. The third kappa shape index (κ3) is 5.25. The van der Waals surface area contributed by atoms with Crippen LogP contribution in [0.3, 0.4) is 0 Å². The van der Waals surface area contributed by atoms with Crippen molar-refractivity contribution in [1.29, 1.82) is 0 Å². The summed E-state index contributed by atoms with van der Waals surface area (Å²) in [7, 11) is 3.61. The first-order valence-electron chi connectivity index (χ1n) is 6.80. The molecule has 0 unspecified atom stereocenters. The molecule has 0 radical (unpaired) electrons. The number of carbonyl (C=O) groups excluding carboxylic acids is 1. The predicted molar refractivity (Wildman–Crippen MR) is 80.3 cm³/mol. The van der Waals surface area contributed by atoms with Gasteiger partial charge in [0.05, 0.1) is 0 Å². The van der Waals surface area contributed by atoms with Gasteiger partial charge in [0.1, 0.15) is 0 Å². The molecule has 104 valence electrons. The summed E-state index contributed by atoms with van der Waals surface area (Å²) in [6.07, 6.45) is 3.24. The van der Waals surface area contributed by atoms with Crippen molar-refractivity contribution >= 4 is 17.7 Å². The lowest BCUT2D eigenvalue weighted by Gasteiger charge is -2.10. The minimum absolute atomic E-state index is 0.194. The molecule has 1 aromatic rings. The van der Waals surface area contributed by atoms with Crippen LogP contribution in [0.2, 0.25) is 0 Å². The third-order valence-corrected chi connectivity index (χ3v) is 4.15. The molecule has 1 fully saturated rings. The number of thioether (sulfide) groups is 1. The number of nitrogens with one attached hydrogen (secondary N) is 1. The summed E-state index contributed by atoms with van der Waals surface area (Å²) in [5.41, 5.74) is 1.33. The first-order chi connectivity index (χ1) is 9.15. The van der Waals surface area contributed by atoms with Gasteiger partial charge in [0.25, 0.3) is 0 Å². The van der Waals surface area contributed by atoms with Gasteiger partial charge in [-0.25, -0.2) is 0 Å². The largest absolute Gasteiger partial charge is 0.349 e. The van der Waals surface area contributed by atoms with Crippen molar-refractivity contribution in [3.63, 3.8) is 0 Å². The van der Waals surface area contributed by atoms with E-state index in [4.69, 9.17) is 0 Å². The van der Waals surface area contributed by atoms with Crippen LogP contribution in [0, 0.1) is 0 Å². The summed E-state index contributed by atoms with van der Waals surface area (Å²) >= 11 is 1.75. The van der Waals surface area contributed by atoms with E-state index in [1.807, 2.05) is 0 Å². The molecule has 0 heterocycles. The Hall–Kier alpha value is -1.00. The van der Waals surface area contributed by atoms with Crippen LogP contribution in [-0.2, 0) is 11.3 Å². The first kappa shape index (κ1) is 14.4. The van der Waals surface area contributed by atoms with Crippen LogP contribution < -0.4 is 5.32 Å². The van der Waals surface area contributed by atoms with Crippen LogP contribution in [0.15, 0.2) is 29.2 Å². The molecule has 1 aromatic carbocycles. The average molecular weight is 278 g/mol. The second-order valence-electron chi connectivity index (χ2n) is 5.19. The Balaban J connectivity index is 1.76. The van der Waals surface area contributed by atoms with Crippen molar-refractivity contribution in [2.75, 3.05) is 19.8 Å². The van der Waals surface area contributed by atoms with Crippen molar-refractivity contribution in [2.24, 2.45) is 0 Å².